The molecule has 0 saturated heterocycles. The van der Waals surface area contributed by atoms with Crippen LogP contribution in [0.25, 0.3) is 0 Å². The summed E-state index contributed by atoms with van der Waals surface area (Å²) >= 11 is 0. The van der Waals surface area contributed by atoms with E-state index in [0.29, 0.717) is 6.04 Å². The highest BCUT2D eigenvalue weighted by Gasteiger charge is 2.22. The van der Waals surface area contributed by atoms with Gasteiger partial charge < -0.3 is 10.6 Å². The number of halogens is 1. The zero-order valence-corrected chi connectivity index (χ0v) is 12.8. The number of anilines is 1. The van der Waals surface area contributed by atoms with Gasteiger partial charge in [-0.3, -0.25) is 4.79 Å². The first kappa shape index (κ1) is 16.0. The molecule has 0 heterocycles. The van der Waals surface area contributed by atoms with Gasteiger partial charge in [-0.25, -0.2) is 4.39 Å². The molecule has 1 atom stereocenters. The third-order valence-corrected chi connectivity index (χ3v) is 4.26. The Morgan fingerprint density at radius 2 is 1.81 bits per heavy atom. The summed E-state index contributed by atoms with van der Waals surface area (Å²) < 4.78 is 13.5. The van der Waals surface area contributed by atoms with Crippen molar-refractivity contribution in [2.75, 3.05) is 5.32 Å². The van der Waals surface area contributed by atoms with E-state index in [-0.39, 0.29) is 23.5 Å². The summed E-state index contributed by atoms with van der Waals surface area (Å²) in [5, 5.41) is 4.84. The molecule has 3 nitrogen and oxygen atoms in total. The quantitative estimate of drug-likeness (QED) is 0.881. The van der Waals surface area contributed by atoms with Crippen molar-refractivity contribution in [2.45, 2.75) is 64.0 Å². The highest BCUT2D eigenvalue weighted by Crippen LogP contribution is 2.15. The number of nitrogens with one attached hydrogen (secondary N) is 1. The number of para-hydroxylation sites is 1. The molecule has 21 heavy (non-hydrogen) atoms. The molecule has 1 aromatic rings. The lowest BCUT2D eigenvalue weighted by atomic mass is 9.96. The Kier molecular flexibility index (Phi) is 6.18. The Bertz CT molecular complexity index is 456. The fraction of sp³-hybridized carbons (Fsp3) is 0.588. The van der Waals surface area contributed by atoms with E-state index in [0.717, 1.165) is 0 Å². The Morgan fingerprint density at radius 3 is 2.48 bits per heavy atom. The summed E-state index contributed by atoms with van der Waals surface area (Å²) in [5.41, 5.74) is 0.264. The lowest BCUT2D eigenvalue weighted by Gasteiger charge is -2.21. The normalized spacial score (nSPS) is 18.6. The van der Waals surface area contributed by atoms with Gasteiger partial charge in [-0.05, 0) is 44.7 Å². The van der Waals surface area contributed by atoms with Crippen LogP contribution in [-0.4, -0.2) is 18.0 Å². The van der Waals surface area contributed by atoms with Crippen LogP contribution in [0.4, 0.5) is 10.1 Å². The molecule has 0 unspecified atom stereocenters. The molecule has 2 rings (SSSR count). The minimum atomic E-state index is -0.385. The van der Waals surface area contributed by atoms with Crippen molar-refractivity contribution in [1.29, 1.82) is 0 Å². The van der Waals surface area contributed by atoms with Crippen LogP contribution < -0.4 is 10.6 Å². The number of amides is 1. The fourth-order valence-electron chi connectivity index (χ4n) is 2.98. The Hall–Kier alpha value is -1.42. The molecular formula is C17H26FN2O+. The first-order valence-electron chi connectivity index (χ1n) is 8.07. The van der Waals surface area contributed by atoms with Crippen molar-refractivity contribution in [1.82, 2.24) is 0 Å². The lowest BCUT2D eigenvalue weighted by Crippen LogP contribution is -2.96. The summed E-state index contributed by atoms with van der Waals surface area (Å²) in [5.74, 6) is -0.508. The molecule has 1 aliphatic carbocycles. The number of carbonyl (C=O) groups is 1. The molecular weight excluding hydrogens is 267 g/mol. The Balaban J connectivity index is 1.85. The maximum atomic E-state index is 13.5. The highest BCUT2D eigenvalue weighted by atomic mass is 19.1. The largest absolute Gasteiger partial charge is 0.334 e. The first-order valence-corrected chi connectivity index (χ1v) is 8.07. The van der Waals surface area contributed by atoms with Gasteiger partial charge in [-0.15, -0.1) is 0 Å². The van der Waals surface area contributed by atoms with Gasteiger partial charge in [0.15, 0.2) is 6.04 Å². The smallest absolute Gasteiger partial charge is 0.282 e. The first-order chi connectivity index (χ1) is 10.2. The zero-order chi connectivity index (χ0) is 15.1. The fourth-order valence-corrected chi connectivity index (χ4v) is 2.98. The summed E-state index contributed by atoms with van der Waals surface area (Å²) in [6.45, 7) is 1.90. The van der Waals surface area contributed by atoms with E-state index in [1.54, 1.807) is 18.2 Å². The van der Waals surface area contributed by atoms with E-state index < -0.39 is 0 Å². The molecule has 0 aromatic heterocycles. The summed E-state index contributed by atoms with van der Waals surface area (Å²) in [6.07, 6.45) is 8.82. The molecule has 4 heteroatoms. The second-order valence-corrected chi connectivity index (χ2v) is 6.06. The van der Waals surface area contributed by atoms with Crippen LogP contribution in [0.5, 0.6) is 0 Å². The standard InChI is InChI=1S/C17H25FN2O/c1-13(19-14-9-5-3-2-4-6-10-14)17(21)20-16-12-8-7-11-15(16)18/h7-8,11-14,19H,2-6,9-10H2,1H3,(H,20,21)/p+1/t13-/m0/s1. The molecule has 0 radical (unpaired) electrons. The predicted molar refractivity (Wildman–Crippen MR) is 82.5 cm³/mol. The number of quaternary nitrogens is 1. The average molecular weight is 293 g/mol. The second kappa shape index (κ2) is 8.13. The van der Waals surface area contributed by atoms with Crippen molar-refractivity contribution in [2.24, 2.45) is 0 Å². The van der Waals surface area contributed by atoms with Crippen LogP contribution >= 0.6 is 0 Å². The second-order valence-electron chi connectivity index (χ2n) is 6.06. The monoisotopic (exact) mass is 293 g/mol. The van der Waals surface area contributed by atoms with E-state index in [1.807, 2.05) is 6.92 Å². The summed E-state index contributed by atoms with van der Waals surface area (Å²) in [7, 11) is 0. The third kappa shape index (κ3) is 5.12. The zero-order valence-electron chi connectivity index (χ0n) is 12.8. The van der Waals surface area contributed by atoms with E-state index >= 15 is 0 Å². The molecule has 1 aliphatic rings. The van der Waals surface area contributed by atoms with Gasteiger partial charge in [-0.1, -0.05) is 31.4 Å². The molecule has 1 aromatic carbocycles. The van der Waals surface area contributed by atoms with Gasteiger partial charge in [0.25, 0.3) is 5.91 Å². The van der Waals surface area contributed by atoms with Gasteiger partial charge in [0.05, 0.1) is 11.7 Å². The topological polar surface area (TPSA) is 45.7 Å². The minimum absolute atomic E-state index is 0.123. The molecule has 0 aliphatic heterocycles. The number of benzene rings is 1. The van der Waals surface area contributed by atoms with Crippen molar-refractivity contribution in [3.8, 4) is 0 Å². The molecule has 3 N–H and O–H groups in total. The van der Waals surface area contributed by atoms with Crippen LogP contribution in [0.15, 0.2) is 24.3 Å². The van der Waals surface area contributed by atoms with Crippen LogP contribution in [0.3, 0.4) is 0 Å². The molecule has 116 valence electrons. The van der Waals surface area contributed by atoms with E-state index in [2.05, 4.69) is 10.6 Å². The summed E-state index contributed by atoms with van der Waals surface area (Å²) in [4.78, 5) is 12.2. The summed E-state index contributed by atoms with van der Waals surface area (Å²) in [6, 6.07) is 6.63. The van der Waals surface area contributed by atoms with Crippen LogP contribution in [0.2, 0.25) is 0 Å². The highest BCUT2D eigenvalue weighted by molar-refractivity contribution is 5.93. The van der Waals surface area contributed by atoms with E-state index in [9.17, 15) is 9.18 Å². The number of hydrogen-bond donors (Lipinski definition) is 2. The molecule has 1 saturated carbocycles. The SMILES string of the molecule is C[C@H]([NH2+]C1CCCCCCC1)C(=O)Nc1ccccc1F. The predicted octanol–water partition coefficient (Wildman–Crippen LogP) is 2.83. The maximum Gasteiger partial charge on any atom is 0.282 e. The van der Waals surface area contributed by atoms with Crippen molar-refractivity contribution >= 4 is 11.6 Å². The Labute approximate surface area is 126 Å². The number of hydrogen-bond acceptors (Lipinski definition) is 1. The van der Waals surface area contributed by atoms with Gasteiger partial charge >= 0.3 is 0 Å². The minimum Gasteiger partial charge on any atom is -0.334 e. The van der Waals surface area contributed by atoms with Gasteiger partial charge in [0, 0.05) is 0 Å². The van der Waals surface area contributed by atoms with Crippen LogP contribution in [0.1, 0.15) is 51.9 Å². The van der Waals surface area contributed by atoms with Crippen molar-refractivity contribution in [3.05, 3.63) is 30.1 Å². The van der Waals surface area contributed by atoms with Crippen LogP contribution in [-0.2, 0) is 4.79 Å². The third-order valence-electron chi connectivity index (χ3n) is 4.26. The van der Waals surface area contributed by atoms with Crippen molar-refractivity contribution < 1.29 is 14.5 Å². The van der Waals surface area contributed by atoms with Gasteiger partial charge in [0.1, 0.15) is 5.82 Å². The average Bonchev–Trinajstić information content (AvgIpc) is 2.44. The van der Waals surface area contributed by atoms with Crippen LogP contribution in [0, 0.1) is 5.82 Å². The van der Waals surface area contributed by atoms with Crippen molar-refractivity contribution in [3.63, 3.8) is 0 Å². The molecule has 0 spiro atoms. The number of rotatable bonds is 4. The molecule has 0 bridgehead atoms. The van der Waals surface area contributed by atoms with Gasteiger partial charge in [0.2, 0.25) is 0 Å². The van der Waals surface area contributed by atoms with E-state index in [4.69, 9.17) is 0 Å². The molecule has 1 amide bonds. The van der Waals surface area contributed by atoms with E-state index in [1.165, 1.54) is 51.0 Å². The van der Waals surface area contributed by atoms with Gasteiger partial charge in [-0.2, -0.15) is 0 Å². The number of carbonyl (C=O) groups excluding carboxylic acids is 1. The number of nitrogens with two attached hydrogens (primary N) is 1. The lowest BCUT2D eigenvalue weighted by molar-refractivity contribution is -0.707. The maximum absolute atomic E-state index is 13.5. The molecule has 1 fully saturated rings. The Morgan fingerprint density at radius 1 is 1.19 bits per heavy atom.